The fourth-order valence-corrected chi connectivity index (χ4v) is 2.81. The molecule has 1 atom stereocenters. The number of rotatable bonds is 10. The molecule has 0 saturated heterocycles. The van der Waals surface area contributed by atoms with Crippen molar-refractivity contribution in [3.63, 3.8) is 0 Å². The van der Waals surface area contributed by atoms with Gasteiger partial charge in [0, 0.05) is 12.0 Å². The monoisotopic (exact) mass is 379 g/mol. The summed E-state index contributed by atoms with van der Waals surface area (Å²) in [5.74, 6) is -1.97. The number of carboxylic acids is 2. The lowest BCUT2D eigenvalue weighted by atomic mass is 9.99. The molecule has 0 heterocycles. The predicted molar refractivity (Wildman–Crippen MR) is 100 cm³/mol. The lowest BCUT2D eigenvalue weighted by molar-refractivity contribution is -0.145. The minimum Gasteiger partial charge on any atom is -0.481 e. The van der Waals surface area contributed by atoms with Gasteiger partial charge >= 0.3 is 18.0 Å². The van der Waals surface area contributed by atoms with Crippen LogP contribution < -0.4 is 0 Å². The molecule has 1 aromatic carbocycles. The molecule has 0 aliphatic heterocycles. The number of amides is 1. The van der Waals surface area contributed by atoms with E-state index in [0.717, 1.165) is 5.56 Å². The third-order valence-corrected chi connectivity index (χ3v) is 4.09. The Kier molecular flexibility index (Phi) is 8.78. The van der Waals surface area contributed by atoms with Crippen LogP contribution in [0.4, 0.5) is 4.79 Å². The molecule has 1 rings (SSSR count). The summed E-state index contributed by atoms with van der Waals surface area (Å²) in [4.78, 5) is 36.3. The Hall–Kier alpha value is -2.57. The van der Waals surface area contributed by atoms with E-state index in [2.05, 4.69) is 0 Å². The highest BCUT2D eigenvalue weighted by Gasteiger charge is 2.38. The van der Waals surface area contributed by atoms with E-state index in [1.54, 1.807) is 20.8 Å². The summed E-state index contributed by atoms with van der Waals surface area (Å²) in [5.41, 5.74) is 0.0815. The van der Waals surface area contributed by atoms with Crippen molar-refractivity contribution in [2.45, 2.75) is 71.1 Å². The van der Waals surface area contributed by atoms with Crippen LogP contribution in [0.2, 0.25) is 0 Å². The summed E-state index contributed by atoms with van der Waals surface area (Å²) >= 11 is 0. The molecule has 0 spiro atoms. The minimum absolute atomic E-state index is 0.0554. The quantitative estimate of drug-likeness (QED) is 0.597. The van der Waals surface area contributed by atoms with Gasteiger partial charge in [0.1, 0.15) is 12.6 Å². The molecule has 0 radical (unpaired) electrons. The van der Waals surface area contributed by atoms with Crippen LogP contribution in [0.15, 0.2) is 30.3 Å². The third kappa shape index (κ3) is 8.11. The van der Waals surface area contributed by atoms with Crippen LogP contribution in [-0.2, 0) is 20.9 Å². The first-order valence-corrected chi connectivity index (χ1v) is 9.07. The van der Waals surface area contributed by atoms with Crippen LogP contribution in [0, 0.1) is 0 Å². The zero-order chi connectivity index (χ0) is 20.4. The van der Waals surface area contributed by atoms with Crippen LogP contribution in [0.3, 0.4) is 0 Å². The second-order valence-corrected chi connectivity index (χ2v) is 7.43. The summed E-state index contributed by atoms with van der Waals surface area (Å²) in [7, 11) is 0. The fourth-order valence-electron chi connectivity index (χ4n) is 2.81. The van der Waals surface area contributed by atoms with Crippen LogP contribution in [0.25, 0.3) is 0 Å². The number of carbonyl (C=O) groups excluding carboxylic acids is 1. The number of carboxylic acid groups (broad SMARTS) is 2. The Balaban J connectivity index is 2.76. The SMILES string of the molecule is CC(C)(C)N(C(=O)OCc1ccccc1)C(CCCCCC(=O)O)C(=O)O. The smallest absolute Gasteiger partial charge is 0.411 e. The highest BCUT2D eigenvalue weighted by atomic mass is 16.6. The first-order valence-electron chi connectivity index (χ1n) is 9.07. The Labute approximate surface area is 159 Å². The number of nitrogens with zero attached hydrogens (tertiary/aromatic N) is 1. The van der Waals surface area contributed by atoms with Gasteiger partial charge in [0.25, 0.3) is 0 Å². The molecule has 0 saturated carbocycles. The summed E-state index contributed by atoms with van der Waals surface area (Å²) in [6.07, 6.45) is 1.21. The second kappa shape index (κ2) is 10.5. The van der Waals surface area contributed by atoms with Crippen LogP contribution >= 0.6 is 0 Å². The number of aliphatic carboxylic acids is 2. The first kappa shape index (κ1) is 22.5. The van der Waals surface area contributed by atoms with E-state index in [1.165, 1.54) is 4.90 Å². The molecular weight excluding hydrogens is 350 g/mol. The molecule has 27 heavy (non-hydrogen) atoms. The molecule has 0 aromatic heterocycles. The van der Waals surface area contributed by atoms with E-state index in [0.29, 0.717) is 19.3 Å². The molecule has 150 valence electrons. The molecular formula is C20H29NO6. The molecule has 0 aliphatic carbocycles. The molecule has 0 fully saturated rings. The number of hydrogen-bond donors (Lipinski definition) is 2. The topological polar surface area (TPSA) is 104 Å². The zero-order valence-electron chi connectivity index (χ0n) is 16.2. The second-order valence-electron chi connectivity index (χ2n) is 7.43. The zero-order valence-corrected chi connectivity index (χ0v) is 16.2. The van der Waals surface area contributed by atoms with Gasteiger partial charge in [-0.25, -0.2) is 9.59 Å². The van der Waals surface area contributed by atoms with Gasteiger partial charge < -0.3 is 14.9 Å². The van der Waals surface area contributed by atoms with Crippen molar-refractivity contribution in [2.75, 3.05) is 0 Å². The fraction of sp³-hybridized carbons (Fsp3) is 0.550. The number of unbranched alkanes of at least 4 members (excludes halogenated alkanes) is 2. The van der Waals surface area contributed by atoms with Gasteiger partial charge in [-0.05, 0) is 39.2 Å². The Bertz CT molecular complexity index is 623. The minimum atomic E-state index is -1.10. The van der Waals surface area contributed by atoms with Crippen molar-refractivity contribution < 1.29 is 29.3 Å². The van der Waals surface area contributed by atoms with E-state index in [4.69, 9.17) is 9.84 Å². The van der Waals surface area contributed by atoms with Gasteiger partial charge in [0.2, 0.25) is 0 Å². The van der Waals surface area contributed by atoms with Crippen molar-refractivity contribution in [3.05, 3.63) is 35.9 Å². The van der Waals surface area contributed by atoms with Gasteiger partial charge in [-0.15, -0.1) is 0 Å². The Morgan fingerprint density at radius 2 is 1.67 bits per heavy atom. The number of benzene rings is 1. The average molecular weight is 379 g/mol. The molecule has 0 aliphatic rings. The number of ether oxygens (including phenoxy) is 1. The van der Waals surface area contributed by atoms with E-state index >= 15 is 0 Å². The van der Waals surface area contributed by atoms with E-state index < -0.39 is 29.6 Å². The lowest BCUT2D eigenvalue weighted by Gasteiger charge is -2.39. The maximum Gasteiger partial charge on any atom is 0.411 e. The van der Waals surface area contributed by atoms with Crippen LogP contribution in [0.5, 0.6) is 0 Å². The van der Waals surface area contributed by atoms with Gasteiger partial charge in [-0.1, -0.05) is 43.2 Å². The van der Waals surface area contributed by atoms with Crippen molar-refractivity contribution in [1.82, 2.24) is 4.90 Å². The van der Waals surface area contributed by atoms with Crippen molar-refractivity contribution >= 4 is 18.0 Å². The lowest BCUT2D eigenvalue weighted by Crippen LogP contribution is -2.54. The highest BCUT2D eigenvalue weighted by Crippen LogP contribution is 2.23. The highest BCUT2D eigenvalue weighted by molar-refractivity contribution is 5.80. The predicted octanol–water partition coefficient (Wildman–Crippen LogP) is 3.91. The van der Waals surface area contributed by atoms with Gasteiger partial charge in [-0.2, -0.15) is 0 Å². The summed E-state index contributed by atoms with van der Waals surface area (Å²) in [5, 5.41) is 18.3. The maximum absolute atomic E-state index is 12.6. The largest absolute Gasteiger partial charge is 0.481 e. The van der Waals surface area contributed by atoms with E-state index in [1.807, 2.05) is 30.3 Å². The number of carbonyl (C=O) groups is 3. The molecule has 7 nitrogen and oxygen atoms in total. The summed E-state index contributed by atoms with van der Waals surface area (Å²) < 4.78 is 5.35. The van der Waals surface area contributed by atoms with Crippen molar-refractivity contribution in [3.8, 4) is 0 Å². The number of hydrogen-bond acceptors (Lipinski definition) is 4. The normalized spacial score (nSPS) is 12.3. The molecule has 2 N–H and O–H groups in total. The van der Waals surface area contributed by atoms with Gasteiger partial charge in [0.15, 0.2) is 0 Å². The van der Waals surface area contributed by atoms with E-state index in [-0.39, 0.29) is 19.4 Å². The molecule has 1 aromatic rings. The summed E-state index contributed by atoms with van der Waals surface area (Å²) in [6, 6.07) is 8.15. The molecule has 1 amide bonds. The molecule has 0 bridgehead atoms. The van der Waals surface area contributed by atoms with Crippen LogP contribution in [-0.4, -0.2) is 44.7 Å². The molecule has 1 unspecified atom stereocenters. The maximum atomic E-state index is 12.6. The average Bonchev–Trinajstić information content (AvgIpc) is 2.57. The van der Waals surface area contributed by atoms with Crippen molar-refractivity contribution in [2.24, 2.45) is 0 Å². The Morgan fingerprint density at radius 1 is 1.04 bits per heavy atom. The first-order chi connectivity index (χ1) is 12.6. The Morgan fingerprint density at radius 3 is 2.19 bits per heavy atom. The van der Waals surface area contributed by atoms with Gasteiger partial charge in [0.05, 0.1) is 0 Å². The van der Waals surface area contributed by atoms with Crippen molar-refractivity contribution in [1.29, 1.82) is 0 Å². The van der Waals surface area contributed by atoms with Gasteiger partial charge in [-0.3, -0.25) is 9.69 Å². The van der Waals surface area contributed by atoms with E-state index in [9.17, 15) is 19.5 Å². The third-order valence-electron chi connectivity index (χ3n) is 4.09. The standard InChI is InChI=1S/C20H29NO6/c1-20(2,3)21(19(26)27-14-15-10-6-4-7-11-15)16(18(24)25)12-8-5-9-13-17(22)23/h4,6-7,10-11,16H,5,8-9,12-14H2,1-3H3,(H,22,23)(H,24,25). The summed E-state index contributed by atoms with van der Waals surface area (Å²) in [6.45, 7) is 5.35. The van der Waals surface area contributed by atoms with Crippen LogP contribution in [0.1, 0.15) is 58.4 Å². The molecule has 7 heteroatoms.